The molecule has 4 aliphatic carbocycles. The maximum atomic E-state index is 13.0. The zero-order valence-corrected chi connectivity index (χ0v) is 23.7. The number of fused-ring (bicyclic) bond motifs is 5. The molecule has 5 unspecified atom stereocenters. The third kappa shape index (κ3) is 5.20. The Bertz CT molecular complexity index is 889. The summed E-state index contributed by atoms with van der Waals surface area (Å²) in [5.74, 6) is 3.55. The zero-order chi connectivity index (χ0) is 26.3. The van der Waals surface area contributed by atoms with Crippen molar-refractivity contribution in [2.24, 2.45) is 46.3 Å². The predicted octanol–water partition coefficient (Wildman–Crippen LogP) is 7.67. The van der Waals surface area contributed by atoms with Crippen LogP contribution in [0.15, 0.2) is 24.0 Å². The lowest BCUT2D eigenvalue weighted by Gasteiger charge is -2.57. The van der Waals surface area contributed by atoms with Crippen molar-refractivity contribution < 1.29 is 19.1 Å². The van der Waals surface area contributed by atoms with Crippen molar-refractivity contribution in [3.8, 4) is 0 Å². The molecule has 4 heteroatoms. The third-order valence-electron chi connectivity index (χ3n) is 10.8. The topological polar surface area (TPSA) is 52.6 Å². The van der Waals surface area contributed by atoms with Gasteiger partial charge in [0.25, 0.3) is 0 Å². The van der Waals surface area contributed by atoms with E-state index in [1.807, 2.05) is 6.92 Å². The lowest BCUT2D eigenvalue weighted by Crippen LogP contribution is -2.50. The number of hydrogen-bond donors (Lipinski definition) is 0. The highest BCUT2D eigenvalue weighted by Gasteiger charge is 2.62. The summed E-state index contributed by atoms with van der Waals surface area (Å²) in [6.07, 6.45) is 12.6. The summed E-state index contributed by atoms with van der Waals surface area (Å²) in [5, 5.41) is 0. The first-order chi connectivity index (χ1) is 17.0. The van der Waals surface area contributed by atoms with E-state index in [2.05, 4.69) is 40.3 Å². The number of hydrogen-bond acceptors (Lipinski definition) is 4. The smallest absolute Gasteiger partial charge is 0.306 e. The van der Waals surface area contributed by atoms with Crippen LogP contribution in [0.4, 0.5) is 0 Å². The predicted molar refractivity (Wildman–Crippen MR) is 144 cm³/mol. The number of Topliss-reactive ketones (excluding diaryl/α,β-unsaturated/α-hetero) is 1. The lowest BCUT2D eigenvalue weighted by atomic mass is 9.47. The van der Waals surface area contributed by atoms with E-state index in [1.165, 1.54) is 25.7 Å². The van der Waals surface area contributed by atoms with Crippen molar-refractivity contribution in [1.82, 2.24) is 0 Å². The molecular weight excluding hydrogens is 448 g/mol. The van der Waals surface area contributed by atoms with Crippen LogP contribution in [0.3, 0.4) is 0 Å². The Hall–Kier alpha value is -1.58. The van der Waals surface area contributed by atoms with Gasteiger partial charge in [-0.15, -0.1) is 0 Å². The highest BCUT2D eigenvalue weighted by Crippen LogP contribution is 2.66. The molecule has 0 N–H and O–H groups in total. The molecule has 0 aromatic rings. The molecule has 0 aromatic heterocycles. The number of ether oxygens (including phenoxy) is 2. The molecular formula is C32H50O4. The SMILES string of the molecule is C=C(C)OC[C@@H](C)CCCC(=O)OC1CC2C3CC=C4C[C@@H](C)CC[C@]4(C)C3CC[C@]2(C)C1C(C)=O. The van der Waals surface area contributed by atoms with Crippen LogP contribution in [-0.2, 0) is 19.1 Å². The molecule has 0 saturated heterocycles. The number of esters is 1. The molecule has 4 nitrogen and oxygen atoms in total. The van der Waals surface area contributed by atoms with E-state index in [4.69, 9.17) is 9.47 Å². The third-order valence-corrected chi connectivity index (χ3v) is 10.8. The van der Waals surface area contributed by atoms with Gasteiger partial charge in [-0.2, -0.15) is 0 Å². The van der Waals surface area contributed by atoms with Crippen molar-refractivity contribution in [3.63, 3.8) is 0 Å². The summed E-state index contributed by atoms with van der Waals surface area (Å²) in [7, 11) is 0. The van der Waals surface area contributed by atoms with Crippen molar-refractivity contribution in [2.45, 2.75) is 112 Å². The van der Waals surface area contributed by atoms with Gasteiger partial charge in [0.15, 0.2) is 0 Å². The van der Waals surface area contributed by atoms with E-state index in [9.17, 15) is 9.59 Å². The average molecular weight is 499 g/mol. The molecule has 3 saturated carbocycles. The van der Waals surface area contributed by atoms with Gasteiger partial charge in [0.2, 0.25) is 0 Å². The van der Waals surface area contributed by atoms with Crippen molar-refractivity contribution in [2.75, 3.05) is 6.61 Å². The van der Waals surface area contributed by atoms with Crippen LogP contribution in [0, 0.1) is 46.3 Å². The first kappa shape index (κ1) is 27.5. The van der Waals surface area contributed by atoms with Gasteiger partial charge in [0, 0.05) is 6.42 Å². The molecule has 9 atom stereocenters. The van der Waals surface area contributed by atoms with Gasteiger partial charge < -0.3 is 9.47 Å². The molecule has 0 aromatic carbocycles. The van der Waals surface area contributed by atoms with Gasteiger partial charge in [-0.25, -0.2) is 0 Å². The first-order valence-corrected chi connectivity index (χ1v) is 14.6. The molecule has 0 bridgehead atoms. The Morgan fingerprint density at radius 1 is 1.17 bits per heavy atom. The van der Waals surface area contributed by atoms with E-state index >= 15 is 0 Å². The normalized spacial score (nSPS) is 40.2. The molecule has 4 rings (SSSR count). The molecule has 202 valence electrons. The fraction of sp³-hybridized carbons (Fsp3) is 0.812. The van der Waals surface area contributed by atoms with E-state index in [0.29, 0.717) is 42.1 Å². The zero-order valence-electron chi connectivity index (χ0n) is 23.7. The lowest BCUT2D eigenvalue weighted by molar-refractivity contribution is -0.154. The molecule has 0 radical (unpaired) electrons. The molecule has 0 aliphatic heterocycles. The summed E-state index contributed by atoms with van der Waals surface area (Å²) in [5.41, 5.74) is 1.97. The molecule has 4 aliphatic rings. The van der Waals surface area contributed by atoms with E-state index < -0.39 is 0 Å². The minimum absolute atomic E-state index is 0.0595. The Morgan fingerprint density at radius 2 is 1.92 bits per heavy atom. The summed E-state index contributed by atoms with van der Waals surface area (Å²) in [6.45, 7) is 17.4. The van der Waals surface area contributed by atoms with Gasteiger partial charge in [-0.3, -0.25) is 9.59 Å². The second-order valence-corrected chi connectivity index (χ2v) is 13.5. The molecule has 3 fully saturated rings. The summed E-state index contributed by atoms with van der Waals surface area (Å²) in [6, 6.07) is 0. The molecule has 36 heavy (non-hydrogen) atoms. The number of ketones is 1. The van der Waals surface area contributed by atoms with Crippen LogP contribution in [0.5, 0.6) is 0 Å². The largest absolute Gasteiger partial charge is 0.499 e. The average Bonchev–Trinajstić information content (AvgIpc) is 3.10. The van der Waals surface area contributed by atoms with Crippen LogP contribution >= 0.6 is 0 Å². The minimum Gasteiger partial charge on any atom is -0.499 e. The minimum atomic E-state index is -0.266. The summed E-state index contributed by atoms with van der Waals surface area (Å²) < 4.78 is 11.6. The molecule has 0 amide bonds. The maximum Gasteiger partial charge on any atom is 0.306 e. The summed E-state index contributed by atoms with van der Waals surface area (Å²) >= 11 is 0. The van der Waals surface area contributed by atoms with Gasteiger partial charge >= 0.3 is 5.97 Å². The number of carbonyl (C=O) groups excluding carboxylic acids is 2. The van der Waals surface area contributed by atoms with Crippen LogP contribution in [0.25, 0.3) is 0 Å². The van der Waals surface area contributed by atoms with E-state index in [0.717, 1.165) is 43.8 Å². The second-order valence-electron chi connectivity index (χ2n) is 13.5. The monoisotopic (exact) mass is 498 g/mol. The first-order valence-electron chi connectivity index (χ1n) is 14.6. The number of carbonyl (C=O) groups is 2. The number of rotatable bonds is 9. The highest BCUT2D eigenvalue weighted by atomic mass is 16.5. The van der Waals surface area contributed by atoms with Crippen molar-refractivity contribution in [3.05, 3.63) is 24.0 Å². The van der Waals surface area contributed by atoms with Gasteiger partial charge in [0.05, 0.1) is 18.3 Å². The van der Waals surface area contributed by atoms with Crippen molar-refractivity contribution >= 4 is 11.8 Å². The van der Waals surface area contributed by atoms with Gasteiger partial charge in [-0.1, -0.05) is 45.9 Å². The Balaban J connectivity index is 1.42. The Kier molecular flexibility index (Phi) is 8.12. The fourth-order valence-electron chi connectivity index (χ4n) is 8.86. The van der Waals surface area contributed by atoms with Crippen LogP contribution < -0.4 is 0 Å². The highest BCUT2D eigenvalue weighted by molar-refractivity contribution is 5.81. The van der Waals surface area contributed by atoms with E-state index in [1.54, 1.807) is 12.5 Å². The standard InChI is InChI=1S/C32H50O4/c1-20(2)35-19-22(4)9-8-10-29(34)36-28-18-27-25-12-11-24-17-21(3)13-15-31(24,6)26(25)14-16-32(27,7)30(28)23(5)33/h11,21-22,25-28,30H,1,8-10,12-19H2,2-7H3/t21-,22-,25?,26?,27?,28?,30?,31-,32-/m0/s1. The van der Waals surface area contributed by atoms with Crippen LogP contribution in [-0.4, -0.2) is 24.5 Å². The Morgan fingerprint density at radius 3 is 2.61 bits per heavy atom. The molecule has 0 spiro atoms. The van der Waals surface area contributed by atoms with E-state index in [-0.39, 0.29) is 29.2 Å². The van der Waals surface area contributed by atoms with Crippen LogP contribution in [0.1, 0.15) is 106 Å². The van der Waals surface area contributed by atoms with Gasteiger partial charge in [0.1, 0.15) is 11.9 Å². The quantitative estimate of drug-likeness (QED) is 0.186. The Labute approximate surface area is 219 Å². The number of allylic oxidation sites excluding steroid dienone is 3. The van der Waals surface area contributed by atoms with Gasteiger partial charge in [-0.05, 0) is 112 Å². The second kappa shape index (κ2) is 10.7. The van der Waals surface area contributed by atoms with Crippen LogP contribution in [0.2, 0.25) is 0 Å². The summed E-state index contributed by atoms with van der Waals surface area (Å²) in [4.78, 5) is 25.9. The molecule has 0 heterocycles. The maximum absolute atomic E-state index is 13.0. The van der Waals surface area contributed by atoms with Crippen molar-refractivity contribution in [1.29, 1.82) is 0 Å². The fourth-order valence-corrected chi connectivity index (χ4v) is 8.86.